The molecule has 18 nitrogen and oxygen atoms in total. The SMILES string of the molecule is C.CC(=O)OC(C)(C)C.CC(C)=O.CC(C)=O.CC(C)=O.CC(C)=O.CC(C)=O.CC(C)=O.CC(C)=O.CC(C)=O.CC(C)=O.CC(C)=O.CS(=O)[O-].CS(C)(=O)=O.CS(C)(=O)=O. The molecule has 21 heteroatoms. The Hall–Kier alpha value is -3.82. The zero-order valence-corrected chi connectivity index (χ0v) is 46.0. The van der Waals surface area contributed by atoms with Gasteiger partial charge >= 0.3 is 5.97 Å². The molecule has 0 fully saturated rings. The highest BCUT2D eigenvalue weighted by Crippen LogP contribution is 2.05. The van der Waals surface area contributed by atoms with E-state index < -0.39 is 30.8 Å². The average molecular weight is 980 g/mol. The summed E-state index contributed by atoms with van der Waals surface area (Å²) in [5, 5.41) is 0. The van der Waals surface area contributed by atoms with Crippen LogP contribution in [0.2, 0.25) is 0 Å². The Kier molecular flexibility index (Phi) is 118. The molecule has 0 aromatic carbocycles. The summed E-state index contributed by atoms with van der Waals surface area (Å²) >= 11 is -1.86. The Bertz CT molecular complexity index is 1120. The van der Waals surface area contributed by atoms with Crippen LogP contribution in [0.3, 0.4) is 0 Å². The van der Waals surface area contributed by atoms with Crippen molar-refractivity contribution in [2.45, 2.75) is 179 Å². The van der Waals surface area contributed by atoms with Crippen molar-refractivity contribution in [2.75, 3.05) is 31.3 Å². The molecular weight excluding hydrogens is 889 g/mol. The van der Waals surface area contributed by atoms with Crippen molar-refractivity contribution in [1.82, 2.24) is 0 Å². The standard InChI is InChI=1S/C6H12O2.10C3H6O.2C2H6O2S.CH4O2S.CH4/c1-5(7)8-6(2,3)4;10*1-3(2)4;2*1-5(2,3)4;1-4(2)3;/h1-4H3;10*1-2H3;2*1-2H3;1H3,(H,2,3);1H4/p-1. The third-order valence-corrected chi connectivity index (χ3v) is 0.450. The van der Waals surface area contributed by atoms with Crippen LogP contribution in [0.5, 0.6) is 0 Å². The number of carbonyl (C=O) groups is 11. The number of sulfone groups is 2. The van der Waals surface area contributed by atoms with Crippen LogP contribution in [0, 0.1) is 0 Å². The molecule has 0 rings (SSSR count). The van der Waals surface area contributed by atoms with E-state index in [0.29, 0.717) is 0 Å². The molecular formula is C42H91O18S3-. The number of hydrogen-bond acceptors (Lipinski definition) is 18. The minimum atomic E-state index is -2.67. The van der Waals surface area contributed by atoms with Crippen molar-refractivity contribution in [3.05, 3.63) is 0 Å². The van der Waals surface area contributed by atoms with E-state index in [1.807, 2.05) is 20.8 Å². The summed E-state index contributed by atoms with van der Waals surface area (Å²) in [6.45, 7) is 37.5. The van der Waals surface area contributed by atoms with Crippen LogP contribution in [0.25, 0.3) is 0 Å². The summed E-state index contributed by atoms with van der Waals surface area (Å²) < 4.78 is 61.3. The van der Waals surface area contributed by atoms with Gasteiger partial charge in [-0.2, -0.15) is 0 Å². The van der Waals surface area contributed by atoms with Gasteiger partial charge in [0, 0.05) is 31.9 Å². The van der Waals surface area contributed by atoms with Crippen LogP contribution < -0.4 is 0 Å². The zero-order chi connectivity index (χ0) is 55.1. The lowest BCUT2D eigenvalue weighted by molar-refractivity contribution is -0.152. The predicted octanol–water partition coefficient (Wildman–Crippen LogP) is 6.75. The Balaban J connectivity index is -0.0000000304. The summed E-state index contributed by atoms with van der Waals surface area (Å²) in [6.07, 6.45) is 5.72. The Morgan fingerprint density at radius 1 is 0.365 bits per heavy atom. The zero-order valence-electron chi connectivity index (χ0n) is 43.6. The topological polar surface area (TPSA) is 305 Å². The Morgan fingerprint density at radius 3 is 0.413 bits per heavy atom. The lowest BCUT2D eigenvalue weighted by Gasteiger charge is -2.17. The monoisotopic (exact) mass is 980 g/mol. The van der Waals surface area contributed by atoms with E-state index in [-0.39, 0.29) is 76.8 Å². The largest absolute Gasteiger partial charge is 0.773 e. The van der Waals surface area contributed by atoms with Gasteiger partial charge in [0.25, 0.3) is 0 Å². The van der Waals surface area contributed by atoms with Gasteiger partial charge in [0.15, 0.2) is 0 Å². The molecule has 0 saturated heterocycles. The molecule has 0 heterocycles. The highest BCUT2D eigenvalue weighted by molar-refractivity contribution is 7.90. The van der Waals surface area contributed by atoms with Gasteiger partial charge in [-0.3, -0.25) is 9.00 Å². The summed E-state index contributed by atoms with van der Waals surface area (Å²) in [4.78, 5) is 105. The predicted molar refractivity (Wildman–Crippen MR) is 258 cm³/mol. The molecule has 0 saturated carbocycles. The molecule has 63 heavy (non-hydrogen) atoms. The van der Waals surface area contributed by atoms with Gasteiger partial charge in [-0.15, -0.1) is 0 Å². The number of hydrogen-bond donors (Lipinski definition) is 0. The number of rotatable bonds is 0. The molecule has 0 aliphatic carbocycles. The second-order valence-corrected chi connectivity index (χ2v) is 19.9. The fraction of sp³-hybridized carbons (Fsp3) is 0.738. The van der Waals surface area contributed by atoms with Crippen LogP contribution in [0.4, 0.5) is 0 Å². The van der Waals surface area contributed by atoms with Crippen LogP contribution in [0.15, 0.2) is 0 Å². The lowest BCUT2D eigenvalue weighted by atomic mass is 10.2. The molecule has 0 amide bonds. The maximum absolute atomic E-state index is 10.2. The molecule has 0 aromatic rings. The molecule has 0 radical (unpaired) electrons. The first-order valence-electron chi connectivity index (χ1n) is 17.7. The van der Waals surface area contributed by atoms with E-state index in [0.717, 1.165) is 31.3 Å². The van der Waals surface area contributed by atoms with Crippen LogP contribution in [-0.2, 0) is 88.2 Å². The minimum Gasteiger partial charge on any atom is -0.773 e. The van der Waals surface area contributed by atoms with E-state index >= 15 is 0 Å². The smallest absolute Gasteiger partial charge is 0.303 e. The first-order chi connectivity index (χ1) is 26.5. The number of carbonyl (C=O) groups excluding carboxylic acids is 11. The number of ether oxygens (including phenoxy) is 1. The van der Waals surface area contributed by atoms with Crippen LogP contribution in [0.1, 0.15) is 174 Å². The number of Topliss-reactive ketones (excluding diaryl/α,β-unsaturated/α-hetero) is 10. The molecule has 0 N–H and O–H groups in total. The quantitative estimate of drug-likeness (QED) is 0.179. The van der Waals surface area contributed by atoms with Crippen molar-refractivity contribution < 1.29 is 83.1 Å². The Labute approximate surface area is 386 Å². The fourth-order valence-electron chi connectivity index (χ4n) is 0.431. The molecule has 1 atom stereocenters. The van der Waals surface area contributed by atoms with E-state index in [2.05, 4.69) is 0 Å². The molecule has 0 bridgehead atoms. The first kappa shape index (κ1) is 103. The molecule has 0 aromatic heterocycles. The van der Waals surface area contributed by atoms with Gasteiger partial charge in [-0.1, -0.05) is 18.5 Å². The molecule has 0 aliphatic rings. The van der Waals surface area contributed by atoms with E-state index in [4.69, 9.17) is 13.5 Å². The highest BCUT2D eigenvalue weighted by Gasteiger charge is 2.11. The van der Waals surface area contributed by atoms with Gasteiger partial charge in [-0.05, 0) is 166 Å². The second kappa shape index (κ2) is 72.6. The van der Waals surface area contributed by atoms with Gasteiger partial charge in [0.2, 0.25) is 0 Å². The van der Waals surface area contributed by atoms with Gasteiger partial charge in [0.05, 0.1) is 0 Å². The van der Waals surface area contributed by atoms with Crippen molar-refractivity contribution in [1.29, 1.82) is 0 Å². The van der Waals surface area contributed by atoms with Crippen molar-refractivity contribution in [3.63, 3.8) is 0 Å². The van der Waals surface area contributed by atoms with E-state index in [1.165, 1.54) is 145 Å². The van der Waals surface area contributed by atoms with E-state index in [1.54, 1.807) is 0 Å². The number of ketones is 10. The van der Waals surface area contributed by atoms with Crippen molar-refractivity contribution in [2.24, 2.45) is 0 Å². The van der Waals surface area contributed by atoms with Gasteiger partial charge in [0.1, 0.15) is 83.1 Å². The first-order valence-corrected chi connectivity index (χ1v) is 23.8. The summed E-state index contributed by atoms with van der Waals surface area (Å²) in [7, 11) is -5.33. The third-order valence-electron chi connectivity index (χ3n) is 0.450. The molecule has 1 unspecified atom stereocenters. The second-order valence-electron chi connectivity index (χ2n) is 14.5. The molecule has 386 valence electrons. The van der Waals surface area contributed by atoms with Crippen LogP contribution >= 0.6 is 0 Å². The summed E-state index contributed by atoms with van der Waals surface area (Å²) in [5.74, 6) is 1.44. The van der Waals surface area contributed by atoms with Crippen molar-refractivity contribution in [3.8, 4) is 0 Å². The number of esters is 1. The van der Waals surface area contributed by atoms with Gasteiger partial charge < -0.3 is 57.2 Å². The Morgan fingerprint density at radius 2 is 0.413 bits per heavy atom. The normalized spacial score (nSPS) is 8.35. The van der Waals surface area contributed by atoms with Crippen molar-refractivity contribution >= 4 is 94.6 Å². The molecule has 0 spiro atoms. The summed E-state index contributed by atoms with van der Waals surface area (Å²) in [6, 6.07) is 0. The average Bonchev–Trinajstić information content (AvgIpc) is 2.76. The van der Waals surface area contributed by atoms with Gasteiger partial charge in [-0.25, -0.2) is 16.8 Å². The van der Waals surface area contributed by atoms with Crippen LogP contribution in [-0.4, -0.2) is 126 Å². The third kappa shape index (κ3) is 132000. The van der Waals surface area contributed by atoms with E-state index in [9.17, 15) is 69.6 Å². The minimum absolute atomic E-state index is 0. The fourth-order valence-corrected chi connectivity index (χ4v) is 0.431. The maximum Gasteiger partial charge on any atom is 0.303 e. The summed E-state index contributed by atoms with van der Waals surface area (Å²) in [5.41, 5.74) is -0.328. The lowest BCUT2D eigenvalue weighted by Crippen LogP contribution is -2.21. The highest BCUT2D eigenvalue weighted by atomic mass is 32.2. The molecule has 0 aliphatic heterocycles. The maximum atomic E-state index is 10.2.